The number of carbonyl (C=O) groups excluding carboxylic acids is 2. The van der Waals surface area contributed by atoms with E-state index >= 15 is 0 Å². The molecule has 1 aromatic heterocycles. The van der Waals surface area contributed by atoms with E-state index in [-0.39, 0.29) is 35.2 Å². The molecule has 0 saturated carbocycles. The molecule has 2 heterocycles. The molecule has 0 spiro atoms. The lowest BCUT2D eigenvalue weighted by atomic mass is 10.0. The number of rotatable bonds is 5. The number of benzene rings is 2. The molecule has 8 heteroatoms. The Hall–Kier alpha value is -3.47. The Labute approximate surface area is 180 Å². The summed E-state index contributed by atoms with van der Waals surface area (Å²) in [6, 6.07) is 18.0. The predicted octanol–water partition coefficient (Wildman–Crippen LogP) is 2.48. The van der Waals surface area contributed by atoms with E-state index in [2.05, 4.69) is 21.4 Å². The zero-order valence-corrected chi connectivity index (χ0v) is 16.9. The number of quaternary nitrogens is 1. The summed E-state index contributed by atoms with van der Waals surface area (Å²) in [4.78, 5) is 33.4. The summed E-state index contributed by atoms with van der Waals surface area (Å²) in [5.74, 6) is -0.249. The molecule has 0 aliphatic carbocycles. The molecule has 7 nitrogen and oxygen atoms in total. The summed E-state index contributed by atoms with van der Waals surface area (Å²) in [7, 11) is 0. The average Bonchev–Trinajstić information content (AvgIpc) is 3.26. The number of hydrogen-bond donors (Lipinski definition) is 2. The normalized spacial score (nSPS) is 20.7. The Kier molecular flexibility index (Phi) is 6.31. The molecule has 1 saturated heterocycles. The summed E-state index contributed by atoms with van der Waals surface area (Å²) < 4.78 is -0.0998. The highest BCUT2D eigenvalue weighted by Gasteiger charge is 2.49. The van der Waals surface area contributed by atoms with Gasteiger partial charge in [0.2, 0.25) is 0 Å². The molecule has 30 heavy (non-hydrogen) atoms. The van der Waals surface area contributed by atoms with Gasteiger partial charge >= 0.3 is 5.91 Å². The number of imidazole rings is 1. The molecule has 0 bridgehead atoms. The van der Waals surface area contributed by atoms with E-state index in [0.717, 1.165) is 16.9 Å². The Morgan fingerprint density at radius 2 is 1.83 bits per heavy atom. The summed E-state index contributed by atoms with van der Waals surface area (Å²) >= 11 is 0. The topological polar surface area (TPSA) is 98.6 Å². The Morgan fingerprint density at radius 3 is 2.47 bits per heavy atom. The molecule has 1 aliphatic rings. The highest BCUT2D eigenvalue weighted by atomic mass is 35.5. The maximum absolute atomic E-state index is 13.7. The van der Waals surface area contributed by atoms with E-state index in [0.29, 0.717) is 18.5 Å². The van der Waals surface area contributed by atoms with Crippen molar-refractivity contribution in [3.05, 3.63) is 83.9 Å². The van der Waals surface area contributed by atoms with Gasteiger partial charge in [-0.05, 0) is 24.3 Å². The number of hydrogen-bond acceptors (Lipinski definition) is 4. The second kappa shape index (κ2) is 8.91. The number of amides is 2. The molecule has 3 aromatic rings. The number of halogens is 1. The highest BCUT2D eigenvalue weighted by Crippen LogP contribution is 2.30. The predicted molar refractivity (Wildman–Crippen MR) is 114 cm³/mol. The van der Waals surface area contributed by atoms with Crippen LogP contribution in [-0.4, -0.2) is 34.4 Å². The minimum Gasteiger partial charge on any atom is -0.348 e. The summed E-state index contributed by atoms with van der Waals surface area (Å²) in [6.45, 7) is 0.365. The minimum absolute atomic E-state index is 0. The van der Waals surface area contributed by atoms with Gasteiger partial charge in [0, 0.05) is 23.9 Å². The maximum Gasteiger partial charge on any atom is 0.342 e. The number of aromatic nitrogens is 2. The summed E-state index contributed by atoms with van der Waals surface area (Å²) in [5, 5.41) is 11.9. The van der Waals surface area contributed by atoms with Crippen LogP contribution in [0.5, 0.6) is 0 Å². The third-order valence-electron chi connectivity index (χ3n) is 5.23. The molecule has 2 atom stereocenters. The first-order chi connectivity index (χ1) is 14.1. The third-order valence-corrected chi connectivity index (χ3v) is 5.23. The quantitative estimate of drug-likeness (QED) is 0.617. The van der Waals surface area contributed by atoms with Crippen molar-refractivity contribution in [1.82, 2.24) is 19.8 Å². The van der Waals surface area contributed by atoms with Crippen molar-refractivity contribution >= 4 is 29.9 Å². The molecule has 2 unspecified atom stereocenters. The van der Waals surface area contributed by atoms with E-state index in [1.165, 1.54) is 0 Å². The summed E-state index contributed by atoms with van der Waals surface area (Å²) in [6.07, 6.45) is 3.57. The molecule has 4 rings (SSSR count). The van der Waals surface area contributed by atoms with Gasteiger partial charge in [0.05, 0.1) is 18.0 Å². The monoisotopic (exact) mass is 422 g/mol. The Morgan fingerprint density at radius 1 is 1.10 bits per heavy atom. The lowest BCUT2D eigenvalue weighted by Gasteiger charge is -2.40. The van der Waals surface area contributed by atoms with Gasteiger partial charge < -0.3 is 10.3 Å². The van der Waals surface area contributed by atoms with E-state index in [4.69, 9.17) is 5.26 Å². The lowest BCUT2D eigenvalue weighted by Crippen LogP contribution is -2.69. The van der Waals surface area contributed by atoms with Crippen molar-refractivity contribution in [3.63, 3.8) is 0 Å². The molecule has 152 valence electrons. The molecule has 2 amide bonds. The van der Waals surface area contributed by atoms with Crippen LogP contribution in [0.15, 0.2) is 67.1 Å². The van der Waals surface area contributed by atoms with Crippen LogP contribution < -0.4 is 9.80 Å². The van der Waals surface area contributed by atoms with Crippen molar-refractivity contribution in [2.24, 2.45) is 0 Å². The van der Waals surface area contributed by atoms with Crippen LogP contribution in [0.1, 0.15) is 16.8 Å². The van der Waals surface area contributed by atoms with Crippen LogP contribution in [0, 0.1) is 11.3 Å². The molecule has 0 radical (unpaired) electrons. The van der Waals surface area contributed by atoms with Crippen molar-refractivity contribution in [2.75, 3.05) is 6.54 Å². The van der Waals surface area contributed by atoms with Gasteiger partial charge in [0.15, 0.2) is 12.6 Å². The van der Waals surface area contributed by atoms with E-state index in [9.17, 15) is 9.59 Å². The minimum atomic E-state index is -0.657. The largest absolute Gasteiger partial charge is 0.348 e. The van der Waals surface area contributed by atoms with Gasteiger partial charge in [-0.25, -0.2) is 14.3 Å². The number of aromatic amines is 1. The fourth-order valence-corrected chi connectivity index (χ4v) is 3.83. The first-order valence-corrected chi connectivity index (χ1v) is 9.33. The van der Waals surface area contributed by atoms with Crippen LogP contribution in [0.25, 0.3) is 0 Å². The number of nitrogens with zero attached hydrogens (tertiary/aromatic N) is 3. The van der Waals surface area contributed by atoms with Gasteiger partial charge in [-0.2, -0.15) is 5.26 Å². The Bertz CT molecular complexity index is 1060. The summed E-state index contributed by atoms with van der Waals surface area (Å²) in [5.41, 5.74) is 3.00. The molecule has 1 fully saturated rings. The van der Waals surface area contributed by atoms with E-state index in [1.807, 2.05) is 42.5 Å². The third kappa shape index (κ3) is 4.10. The zero-order valence-electron chi connectivity index (χ0n) is 16.1. The number of nitriles is 1. The molecule has 2 N–H and O–H groups in total. The number of piperazine rings is 1. The zero-order chi connectivity index (χ0) is 20.3. The number of nitrogens with one attached hydrogen (secondary N) is 2. The van der Waals surface area contributed by atoms with Crippen molar-refractivity contribution in [1.29, 1.82) is 5.26 Å². The number of para-hydroxylation sites is 1. The number of H-pyrrole nitrogens is 1. The van der Waals surface area contributed by atoms with Crippen molar-refractivity contribution in [2.45, 2.75) is 19.0 Å². The van der Waals surface area contributed by atoms with Crippen molar-refractivity contribution in [3.8, 4) is 6.07 Å². The van der Waals surface area contributed by atoms with Gasteiger partial charge in [0.1, 0.15) is 12.2 Å². The molecule has 1 aliphatic heterocycles. The van der Waals surface area contributed by atoms with Gasteiger partial charge in [-0.1, -0.05) is 30.3 Å². The van der Waals surface area contributed by atoms with Gasteiger partial charge in [0.25, 0.3) is 5.91 Å². The lowest BCUT2D eigenvalue weighted by molar-refractivity contribution is -0.144. The average molecular weight is 423 g/mol. The SMILES string of the molecule is Cl.N#Cc1ccc(C[N+]2(c3ccccc3)CC(=O)NC(Cc3cnc[nH]3)C2=O)cc1. The molecule has 2 aromatic carbocycles. The van der Waals surface area contributed by atoms with Crippen LogP contribution in [0.3, 0.4) is 0 Å². The maximum atomic E-state index is 13.7. The van der Waals surface area contributed by atoms with Crippen LogP contribution >= 0.6 is 12.4 Å². The van der Waals surface area contributed by atoms with E-state index < -0.39 is 6.04 Å². The van der Waals surface area contributed by atoms with Gasteiger partial charge in [-0.3, -0.25) is 4.79 Å². The van der Waals surface area contributed by atoms with Gasteiger partial charge in [-0.15, -0.1) is 12.4 Å². The fraction of sp³-hybridized carbons (Fsp3) is 0.182. The number of carbonyl (C=O) groups is 2. The second-order valence-electron chi connectivity index (χ2n) is 7.17. The molecular formula is C22H21ClN5O2+. The molecular weight excluding hydrogens is 402 g/mol. The first kappa shape index (κ1) is 21.2. The van der Waals surface area contributed by atoms with Crippen molar-refractivity contribution < 1.29 is 9.59 Å². The van der Waals surface area contributed by atoms with Crippen LogP contribution in [0.2, 0.25) is 0 Å². The standard InChI is InChI=1S/C22H19N5O2.ClH/c23-11-16-6-8-17(9-7-16)13-27(19-4-2-1-3-5-19)14-21(28)26-20(22(27)29)10-18-12-24-15-25-18;/h1-9,12,15,20H,10,13-14H2,(H-,24,25,26,28);1H/p+1. The van der Waals surface area contributed by atoms with E-state index in [1.54, 1.807) is 24.7 Å². The van der Waals surface area contributed by atoms with Crippen LogP contribution in [0.4, 0.5) is 5.69 Å². The highest BCUT2D eigenvalue weighted by molar-refractivity contribution is 6.02. The van der Waals surface area contributed by atoms with Crippen LogP contribution in [-0.2, 0) is 22.6 Å². The fourth-order valence-electron chi connectivity index (χ4n) is 3.83. The Balaban J connectivity index is 0.00000256. The second-order valence-corrected chi connectivity index (χ2v) is 7.17. The first-order valence-electron chi connectivity index (χ1n) is 9.33. The smallest absolute Gasteiger partial charge is 0.342 e.